The lowest BCUT2D eigenvalue weighted by Crippen LogP contribution is -2.41. The highest BCUT2D eigenvalue weighted by atomic mass is 35.5. The van der Waals surface area contributed by atoms with Crippen molar-refractivity contribution in [2.75, 3.05) is 6.54 Å². The summed E-state index contributed by atoms with van der Waals surface area (Å²) >= 11 is 8.28. The highest BCUT2D eigenvalue weighted by Gasteiger charge is 2.31. The number of carbonyl (C=O) groups excluding carboxylic acids is 1. The second-order valence-electron chi connectivity index (χ2n) is 10.3. The number of fused-ring (bicyclic) bond motifs is 1. The topological polar surface area (TPSA) is 63.5 Å². The van der Waals surface area contributed by atoms with Gasteiger partial charge in [0.1, 0.15) is 6.23 Å². The van der Waals surface area contributed by atoms with Gasteiger partial charge in [-0.1, -0.05) is 48.0 Å². The highest BCUT2D eigenvalue weighted by Crippen LogP contribution is 2.40. The number of carbonyl (C=O) groups is 1. The fourth-order valence-corrected chi connectivity index (χ4v) is 6.40. The first-order valence-corrected chi connectivity index (χ1v) is 14.3. The van der Waals surface area contributed by atoms with Crippen LogP contribution in [0.3, 0.4) is 0 Å². The summed E-state index contributed by atoms with van der Waals surface area (Å²) in [4.78, 5) is 13.4. The highest BCUT2D eigenvalue weighted by molar-refractivity contribution is 7.10. The van der Waals surface area contributed by atoms with Gasteiger partial charge in [-0.15, -0.1) is 11.3 Å². The number of hydrogen-bond acceptors (Lipinski definition) is 4. The number of nitrogens with one attached hydrogen (secondary N) is 1. The molecule has 0 bridgehead atoms. The van der Waals surface area contributed by atoms with Gasteiger partial charge in [0.2, 0.25) is 5.91 Å². The Balaban J connectivity index is 1.20. The minimum atomic E-state index is -0.506. The SMILES string of the molecule is O=C(Cc1cccs1)NC[C@@H]1C[C@H](O)C[C@H](n2cc(Cc3ccc(C4CC4)cc3)c3c(Cl)cccc32)O1. The molecule has 1 amide bonds. The molecule has 1 saturated carbocycles. The third kappa shape index (κ3) is 5.63. The molecule has 0 radical (unpaired) electrons. The number of ether oxygens (including phenoxy) is 1. The Labute approximate surface area is 226 Å². The van der Waals surface area contributed by atoms with E-state index < -0.39 is 6.10 Å². The molecule has 4 aromatic rings. The van der Waals surface area contributed by atoms with Crippen LogP contribution in [-0.4, -0.2) is 34.3 Å². The molecular formula is C30H31ClN2O3S. The molecule has 5 nitrogen and oxygen atoms in total. The van der Waals surface area contributed by atoms with Gasteiger partial charge in [-0.3, -0.25) is 4.79 Å². The molecule has 192 valence electrons. The number of aliphatic hydroxyl groups is 1. The molecule has 3 heterocycles. The number of aliphatic hydroxyl groups excluding tert-OH is 1. The summed E-state index contributed by atoms with van der Waals surface area (Å²) in [5, 5.41) is 17.4. The molecule has 6 rings (SSSR count). The van der Waals surface area contributed by atoms with Crippen molar-refractivity contribution in [3.05, 3.63) is 92.8 Å². The van der Waals surface area contributed by atoms with Gasteiger partial charge in [0.05, 0.1) is 29.2 Å². The Bertz CT molecular complexity index is 1380. The van der Waals surface area contributed by atoms with Gasteiger partial charge in [0.25, 0.3) is 0 Å². The zero-order valence-corrected chi connectivity index (χ0v) is 22.2. The molecule has 3 atom stereocenters. The monoisotopic (exact) mass is 534 g/mol. The number of benzene rings is 2. The van der Waals surface area contributed by atoms with Crippen molar-refractivity contribution in [1.82, 2.24) is 9.88 Å². The van der Waals surface area contributed by atoms with E-state index >= 15 is 0 Å². The van der Waals surface area contributed by atoms with Crippen LogP contribution in [0.2, 0.25) is 5.02 Å². The molecule has 2 aromatic heterocycles. The number of amides is 1. The lowest BCUT2D eigenvalue weighted by Gasteiger charge is -2.34. The Morgan fingerprint density at radius 2 is 1.95 bits per heavy atom. The van der Waals surface area contributed by atoms with Crippen LogP contribution in [0, 0.1) is 0 Å². The molecule has 2 N–H and O–H groups in total. The first kappa shape index (κ1) is 24.7. The number of thiophene rings is 1. The molecule has 2 aliphatic rings. The molecular weight excluding hydrogens is 504 g/mol. The van der Waals surface area contributed by atoms with Crippen LogP contribution >= 0.6 is 22.9 Å². The van der Waals surface area contributed by atoms with Gasteiger partial charge in [-0.2, -0.15) is 0 Å². The van der Waals surface area contributed by atoms with Crippen LogP contribution in [0.25, 0.3) is 10.9 Å². The average molecular weight is 535 g/mol. The summed E-state index contributed by atoms with van der Waals surface area (Å²) < 4.78 is 8.55. The van der Waals surface area contributed by atoms with Crippen LogP contribution < -0.4 is 5.32 Å². The van der Waals surface area contributed by atoms with Crippen LogP contribution in [0.15, 0.2) is 66.2 Å². The minimum Gasteiger partial charge on any atom is -0.393 e. The first-order valence-electron chi connectivity index (χ1n) is 13.0. The first-order chi connectivity index (χ1) is 18.0. The summed E-state index contributed by atoms with van der Waals surface area (Å²) in [7, 11) is 0. The molecule has 0 spiro atoms. The molecule has 2 aromatic carbocycles. The summed E-state index contributed by atoms with van der Waals surface area (Å²) in [5.74, 6) is 0.713. The van der Waals surface area contributed by atoms with Gasteiger partial charge in [0, 0.05) is 35.8 Å². The summed E-state index contributed by atoms with van der Waals surface area (Å²) in [5.41, 5.74) is 4.82. The Kier molecular flexibility index (Phi) is 7.08. The van der Waals surface area contributed by atoms with Crippen molar-refractivity contribution in [2.24, 2.45) is 0 Å². The third-order valence-electron chi connectivity index (χ3n) is 7.42. The Hall–Kier alpha value is -2.64. The van der Waals surface area contributed by atoms with Crippen LogP contribution in [0.5, 0.6) is 0 Å². The van der Waals surface area contributed by atoms with E-state index in [1.165, 1.54) is 24.0 Å². The number of hydrogen-bond donors (Lipinski definition) is 2. The molecule has 7 heteroatoms. The van der Waals surface area contributed by atoms with Gasteiger partial charge in [0.15, 0.2) is 0 Å². The maximum Gasteiger partial charge on any atom is 0.225 e. The summed E-state index contributed by atoms with van der Waals surface area (Å²) in [6, 6.07) is 18.8. The smallest absolute Gasteiger partial charge is 0.225 e. The average Bonchev–Trinajstić information content (AvgIpc) is 3.49. The molecule has 1 aliphatic carbocycles. The van der Waals surface area contributed by atoms with Crippen molar-refractivity contribution in [3.63, 3.8) is 0 Å². The van der Waals surface area contributed by atoms with E-state index in [2.05, 4.69) is 46.4 Å². The Morgan fingerprint density at radius 3 is 2.70 bits per heavy atom. The van der Waals surface area contributed by atoms with E-state index in [1.54, 1.807) is 11.3 Å². The second-order valence-corrected chi connectivity index (χ2v) is 11.7. The summed E-state index contributed by atoms with van der Waals surface area (Å²) in [6.07, 6.45) is 5.74. The number of aromatic nitrogens is 1. The van der Waals surface area contributed by atoms with Crippen LogP contribution in [-0.2, 0) is 22.4 Å². The van der Waals surface area contributed by atoms with E-state index in [-0.39, 0.29) is 18.2 Å². The largest absolute Gasteiger partial charge is 0.393 e. The zero-order valence-electron chi connectivity index (χ0n) is 20.6. The maximum atomic E-state index is 12.4. The van der Waals surface area contributed by atoms with E-state index in [4.69, 9.17) is 16.3 Å². The minimum absolute atomic E-state index is 0.0316. The van der Waals surface area contributed by atoms with Crippen molar-refractivity contribution in [3.8, 4) is 0 Å². The van der Waals surface area contributed by atoms with Crippen molar-refractivity contribution >= 4 is 39.7 Å². The van der Waals surface area contributed by atoms with Gasteiger partial charge in [-0.05, 0) is 65.4 Å². The van der Waals surface area contributed by atoms with Crippen molar-refractivity contribution in [1.29, 1.82) is 0 Å². The third-order valence-corrected chi connectivity index (χ3v) is 8.61. The van der Waals surface area contributed by atoms with Crippen LogP contribution in [0.4, 0.5) is 0 Å². The normalized spacial score (nSPS) is 21.8. The van der Waals surface area contributed by atoms with Crippen molar-refractivity contribution < 1.29 is 14.6 Å². The predicted molar refractivity (Wildman–Crippen MR) is 148 cm³/mol. The fraction of sp³-hybridized carbons (Fsp3) is 0.367. The number of nitrogens with zero attached hydrogens (tertiary/aromatic N) is 1. The Morgan fingerprint density at radius 1 is 1.11 bits per heavy atom. The number of halogens is 1. The molecule has 37 heavy (non-hydrogen) atoms. The van der Waals surface area contributed by atoms with E-state index in [0.29, 0.717) is 25.8 Å². The zero-order chi connectivity index (χ0) is 25.4. The fourth-order valence-electron chi connectivity index (χ4n) is 5.40. The maximum absolute atomic E-state index is 12.4. The van der Waals surface area contributed by atoms with Gasteiger partial charge in [-0.25, -0.2) is 0 Å². The molecule has 0 unspecified atom stereocenters. The van der Waals surface area contributed by atoms with Crippen molar-refractivity contribution in [2.45, 2.75) is 62.9 Å². The predicted octanol–water partition coefficient (Wildman–Crippen LogP) is 6.22. The quantitative estimate of drug-likeness (QED) is 0.282. The van der Waals surface area contributed by atoms with E-state index in [9.17, 15) is 9.90 Å². The van der Waals surface area contributed by atoms with Crippen LogP contribution in [0.1, 0.15) is 59.4 Å². The van der Waals surface area contributed by atoms with E-state index in [0.717, 1.165) is 38.7 Å². The lowest BCUT2D eigenvalue weighted by atomic mass is 10.0. The molecule has 2 fully saturated rings. The molecule has 1 saturated heterocycles. The second kappa shape index (κ2) is 10.6. The lowest BCUT2D eigenvalue weighted by molar-refractivity contribution is -0.133. The van der Waals surface area contributed by atoms with Gasteiger partial charge < -0.3 is 19.7 Å². The summed E-state index contributed by atoms with van der Waals surface area (Å²) in [6.45, 7) is 0.373. The standard InChI is InChI=1S/C30H31ClN2O3S/c31-26-4-1-5-27-30(26)22(13-19-6-8-20(9-7-19)21-10-11-21)18-33(27)29-15-23(34)14-24(36-29)17-32-28(35)16-25-3-2-12-37-25/h1-9,12,18,21,23-24,29,34H,10-11,13-17H2,(H,32,35)/t23-,24-,29+/m0/s1. The molecule has 1 aliphatic heterocycles. The van der Waals surface area contributed by atoms with Gasteiger partial charge >= 0.3 is 0 Å². The van der Waals surface area contributed by atoms with E-state index in [1.807, 2.05) is 29.6 Å². The number of rotatable bonds is 8.